The van der Waals surface area contributed by atoms with Crippen LogP contribution in [-0.4, -0.2) is 21.0 Å². The van der Waals surface area contributed by atoms with Crippen molar-refractivity contribution in [3.63, 3.8) is 0 Å². The Morgan fingerprint density at radius 3 is 3.10 bits per heavy atom. The lowest BCUT2D eigenvalue weighted by Crippen LogP contribution is -2.24. The van der Waals surface area contributed by atoms with Gasteiger partial charge in [0.1, 0.15) is 17.2 Å². The minimum absolute atomic E-state index is 0.00193. The fourth-order valence-electron chi connectivity index (χ4n) is 2.85. The fraction of sp³-hybridized carbons (Fsp3) is 0.467. The number of aryl methyl sites for hydroxylation is 1. The molecule has 1 fully saturated rings. The van der Waals surface area contributed by atoms with E-state index in [1.807, 2.05) is 6.92 Å². The number of anilines is 1. The van der Waals surface area contributed by atoms with E-state index in [4.69, 9.17) is 0 Å². The van der Waals surface area contributed by atoms with E-state index in [1.165, 1.54) is 0 Å². The van der Waals surface area contributed by atoms with E-state index in [2.05, 4.69) is 26.3 Å². The molecule has 2 aromatic heterocycles. The predicted molar refractivity (Wildman–Crippen MR) is 79.9 cm³/mol. The predicted octanol–water partition coefficient (Wildman–Crippen LogP) is 1.98. The summed E-state index contributed by atoms with van der Waals surface area (Å²) in [5.74, 6) is 1.30. The molecule has 2 atom stereocenters. The quantitative estimate of drug-likeness (QED) is 0.898. The van der Waals surface area contributed by atoms with Gasteiger partial charge in [-0.15, -0.1) is 0 Å². The first-order valence-electron chi connectivity index (χ1n) is 7.27. The summed E-state index contributed by atoms with van der Waals surface area (Å²) < 4.78 is 0. The van der Waals surface area contributed by atoms with Gasteiger partial charge in [0.2, 0.25) is 0 Å². The molecule has 0 bridgehead atoms. The Morgan fingerprint density at radius 2 is 2.33 bits per heavy atom. The number of nitrogens with zero attached hydrogens (tertiary/aromatic N) is 3. The van der Waals surface area contributed by atoms with E-state index < -0.39 is 0 Å². The summed E-state index contributed by atoms with van der Waals surface area (Å²) in [6.45, 7) is 1.95. The largest absolute Gasteiger partial charge is 0.365 e. The zero-order chi connectivity index (χ0) is 14.8. The summed E-state index contributed by atoms with van der Waals surface area (Å²) in [4.78, 5) is 23.4. The van der Waals surface area contributed by atoms with Crippen molar-refractivity contribution in [3.8, 4) is 6.07 Å². The molecule has 2 heterocycles. The van der Waals surface area contributed by atoms with Crippen LogP contribution in [0.15, 0.2) is 17.1 Å². The number of pyridine rings is 1. The molecule has 1 unspecified atom stereocenters. The summed E-state index contributed by atoms with van der Waals surface area (Å²) >= 11 is 0. The Kier molecular flexibility index (Phi) is 3.57. The highest BCUT2D eigenvalue weighted by atomic mass is 16.1. The van der Waals surface area contributed by atoms with Gasteiger partial charge in [-0.05, 0) is 25.3 Å². The van der Waals surface area contributed by atoms with Gasteiger partial charge in [-0.2, -0.15) is 5.26 Å². The van der Waals surface area contributed by atoms with E-state index in [9.17, 15) is 10.1 Å². The van der Waals surface area contributed by atoms with Gasteiger partial charge in [-0.25, -0.2) is 9.97 Å². The number of aromatic nitrogens is 3. The third-order valence-corrected chi connectivity index (χ3v) is 3.99. The van der Waals surface area contributed by atoms with Crippen molar-refractivity contribution in [1.82, 2.24) is 15.0 Å². The lowest BCUT2D eigenvalue weighted by molar-refractivity contribution is 0.627. The first-order valence-corrected chi connectivity index (χ1v) is 7.27. The number of hydrogen-bond acceptors (Lipinski definition) is 5. The Balaban J connectivity index is 2.07. The lowest BCUT2D eigenvalue weighted by Gasteiger charge is -2.17. The van der Waals surface area contributed by atoms with Crippen molar-refractivity contribution < 1.29 is 0 Å². The maximum Gasteiger partial charge on any atom is 0.274 e. The van der Waals surface area contributed by atoms with Crippen molar-refractivity contribution in [3.05, 3.63) is 28.4 Å². The van der Waals surface area contributed by atoms with Gasteiger partial charge in [0.25, 0.3) is 5.56 Å². The molecular formula is C15H17N5O. The number of hydrogen-bond donors (Lipinski definition) is 2. The summed E-state index contributed by atoms with van der Waals surface area (Å²) in [6, 6.07) is 4.24. The van der Waals surface area contributed by atoms with Crippen LogP contribution in [0.1, 0.15) is 32.0 Å². The Morgan fingerprint density at radius 1 is 1.48 bits per heavy atom. The van der Waals surface area contributed by atoms with Crippen LogP contribution < -0.4 is 10.9 Å². The van der Waals surface area contributed by atoms with Crippen LogP contribution >= 0.6 is 0 Å². The third kappa shape index (κ3) is 2.47. The van der Waals surface area contributed by atoms with Crippen LogP contribution in [0.3, 0.4) is 0 Å². The Labute approximate surface area is 122 Å². The number of aromatic amines is 1. The van der Waals surface area contributed by atoms with Crippen molar-refractivity contribution in [2.24, 2.45) is 5.92 Å². The molecule has 6 nitrogen and oxygen atoms in total. The van der Waals surface area contributed by atoms with Crippen molar-refractivity contribution in [2.45, 2.75) is 38.6 Å². The molecule has 2 N–H and O–H groups in total. The highest BCUT2D eigenvalue weighted by Gasteiger charge is 2.28. The van der Waals surface area contributed by atoms with Crippen LogP contribution in [0.2, 0.25) is 0 Å². The maximum absolute atomic E-state index is 11.9. The summed E-state index contributed by atoms with van der Waals surface area (Å²) in [7, 11) is 0. The van der Waals surface area contributed by atoms with Gasteiger partial charge < -0.3 is 10.3 Å². The molecule has 0 amide bonds. The molecule has 0 radical (unpaired) electrons. The molecule has 108 valence electrons. The molecule has 1 saturated carbocycles. The second-order valence-corrected chi connectivity index (χ2v) is 5.33. The molecule has 0 aromatic carbocycles. The van der Waals surface area contributed by atoms with Gasteiger partial charge in [0.05, 0.1) is 12.0 Å². The first-order chi connectivity index (χ1) is 10.2. The second-order valence-electron chi connectivity index (χ2n) is 5.33. The van der Waals surface area contributed by atoms with Crippen LogP contribution in [0.5, 0.6) is 0 Å². The van der Waals surface area contributed by atoms with Crippen molar-refractivity contribution >= 4 is 16.7 Å². The van der Waals surface area contributed by atoms with E-state index in [1.54, 1.807) is 12.3 Å². The summed E-state index contributed by atoms with van der Waals surface area (Å²) in [5, 5.41) is 13.3. The van der Waals surface area contributed by atoms with Gasteiger partial charge in [0, 0.05) is 24.0 Å². The molecule has 1 aliphatic carbocycles. The number of nitriles is 1. The maximum atomic E-state index is 11.9. The highest BCUT2D eigenvalue weighted by Crippen LogP contribution is 2.29. The minimum atomic E-state index is -0.212. The average Bonchev–Trinajstić information content (AvgIpc) is 2.95. The van der Waals surface area contributed by atoms with Crippen LogP contribution in [0.25, 0.3) is 10.9 Å². The van der Waals surface area contributed by atoms with Gasteiger partial charge in [0.15, 0.2) is 0 Å². The zero-order valence-corrected chi connectivity index (χ0v) is 11.9. The molecular weight excluding hydrogens is 266 g/mol. The molecule has 6 heteroatoms. The van der Waals surface area contributed by atoms with E-state index >= 15 is 0 Å². The van der Waals surface area contributed by atoms with Crippen molar-refractivity contribution in [1.29, 1.82) is 5.26 Å². The number of nitrogens with one attached hydrogen (secondary N) is 2. The normalized spacial score (nSPS) is 21.3. The SMILES string of the molecule is CCc1nc(N[C@H]2CCCC2C#N)c2cc[nH]c(=O)c2n1. The Hall–Kier alpha value is -2.42. The first kappa shape index (κ1) is 13.6. The van der Waals surface area contributed by atoms with Crippen molar-refractivity contribution in [2.75, 3.05) is 5.32 Å². The fourth-order valence-corrected chi connectivity index (χ4v) is 2.85. The zero-order valence-electron chi connectivity index (χ0n) is 11.9. The number of H-pyrrole nitrogens is 1. The molecule has 21 heavy (non-hydrogen) atoms. The number of fused-ring (bicyclic) bond motifs is 1. The highest BCUT2D eigenvalue weighted by molar-refractivity contribution is 5.88. The summed E-state index contributed by atoms with van der Waals surface area (Å²) in [6.07, 6.45) is 5.17. The molecule has 1 aliphatic rings. The molecule has 2 aromatic rings. The lowest BCUT2D eigenvalue weighted by atomic mass is 10.1. The standard InChI is InChI=1S/C15H17N5O/c1-2-12-19-13-10(6-7-17-15(13)21)14(20-12)18-11-5-3-4-9(11)8-16/h6-7,9,11H,2-5H2,1H3,(H,17,21)(H,18,19,20)/t9?,11-/m0/s1. The van der Waals surface area contributed by atoms with Gasteiger partial charge in [-0.1, -0.05) is 6.92 Å². The van der Waals surface area contributed by atoms with Crippen LogP contribution in [0.4, 0.5) is 5.82 Å². The smallest absolute Gasteiger partial charge is 0.274 e. The Bertz CT molecular complexity index is 761. The van der Waals surface area contributed by atoms with Crippen LogP contribution in [0, 0.1) is 17.2 Å². The van der Waals surface area contributed by atoms with E-state index in [0.717, 1.165) is 19.3 Å². The van der Waals surface area contributed by atoms with E-state index in [0.29, 0.717) is 29.0 Å². The summed E-state index contributed by atoms with van der Waals surface area (Å²) in [5.41, 5.74) is 0.189. The van der Waals surface area contributed by atoms with Gasteiger partial charge in [-0.3, -0.25) is 4.79 Å². The molecule has 3 rings (SSSR count). The molecule has 0 saturated heterocycles. The molecule has 0 spiro atoms. The topological polar surface area (TPSA) is 94.5 Å². The van der Waals surface area contributed by atoms with E-state index in [-0.39, 0.29) is 17.5 Å². The molecule has 0 aliphatic heterocycles. The minimum Gasteiger partial charge on any atom is -0.365 e. The average molecular weight is 283 g/mol. The van der Waals surface area contributed by atoms with Gasteiger partial charge >= 0.3 is 0 Å². The monoisotopic (exact) mass is 283 g/mol. The third-order valence-electron chi connectivity index (χ3n) is 3.99. The second kappa shape index (κ2) is 5.52. The van der Waals surface area contributed by atoms with Crippen LogP contribution in [-0.2, 0) is 6.42 Å². The number of rotatable bonds is 3.